The molecule has 3 aromatic rings. The Morgan fingerprint density at radius 1 is 1.10 bits per heavy atom. The van der Waals surface area contributed by atoms with Crippen LogP contribution in [0.3, 0.4) is 0 Å². The number of rotatable bonds is 9. The minimum atomic E-state index is -0.154. The molecule has 2 aromatic carbocycles. The standard InChI is InChI=1S/C23H27N5O2S/c1-27(2)15-20(17-7-5-4-6-8-17)26-22(30)18-9-11-19(12-10-18)25-21(29)16-31-23-24-13-14-28(23)3/h4-14,20H,15-16H2,1-3H3,(H,25,29)(H,26,30). The molecule has 0 bridgehead atoms. The third-order valence-electron chi connectivity index (χ3n) is 4.60. The number of thioether (sulfide) groups is 1. The molecule has 0 fully saturated rings. The number of carbonyl (C=O) groups excluding carboxylic acids is 2. The van der Waals surface area contributed by atoms with Gasteiger partial charge in [0.15, 0.2) is 5.16 Å². The second-order valence-corrected chi connectivity index (χ2v) is 8.38. The quantitative estimate of drug-likeness (QED) is 0.503. The zero-order valence-corrected chi connectivity index (χ0v) is 18.7. The summed E-state index contributed by atoms with van der Waals surface area (Å²) in [5.74, 6) is -0.0182. The highest BCUT2D eigenvalue weighted by Gasteiger charge is 2.16. The number of amides is 2. The van der Waals surface area contributed by atoms with E-state index >= 15 is 0 Å². The van der Waals surface area contributed by atoms with Crippen LogP contribution in [-0.4, -0.2) is 52.7 Å². The van der Waals surface area contributed by atoms with Crippen LogP contribution in [0.25, 0.3) is 0 Å². The maximum absolute atomic E-state index is 12.8. The number of aromatic nitrogens is 2. The normalized spacial score (nSPS) is 11.9. The largest absolute Gasteiger partial charge is 0.344 e. The van der Waals surface area contributed by atoms with Gasteiger partial charge in [0.25, 0.3) is 5.91 Å². The number of carbonyl (C=O) groups is 2. The van der Waals surface area contributed by atoms with Crippen LogP contribution in [0.2, 0.25) is 0 Å². The molecule has 0 aliphatic rings. The van der Waals surface area contributed by atoms with E-state index in [1.807, 2.05) is 67.1 Å². The van der Waals surface area contributed by atoms with Crippen molar-refractivity contribution in [3.8, 4) is 0 Å². The average Bonchev–Trinajstić information content (AvgIpc) is 3.17. The molecule has 0 aliphatic heterocycles. The molecular formula is C23H27N5O2S. The molecule has 0 spiro atoms. The van der Waals surface area contributed by atoms with E-state index in [0.717, 1.165) is 10.7 Å². The minimum absolute atomic E-state index is 0.119. The van der Waals surface area contributed by atoms with Gasteiger partial charge in [-0.15, -0.1) is 0 Å². The Hall–Kier alpha value is -3.10. The number of hydrogen-bond donors (Lipinski definition) is 2. The number of benzene rings is 2. The molecule has 1 heterocycles. The predicted octanol–water partition coefficient (Wildman–Crippen LogP) is 3.18. The van der Waals surface area contributed by atoms with Crippen LogP contribution in [0.15, 0.2) is 72.1 Å². The molecule has 3 rings (SSSR count). The van der Waals surface area contributed by atoms with Crippen LogP contribution < -0.4 is 10.6 Å². The fraction of sp³-hybridized carbons (Fsp3) is 0.261. The fourth-order valence-electron chi connectivity index (χ4n) is 3.05. The highest BCUT2D eigenvalue weighted by Crippen LogP contribution is 2.17. The van der Waals surface area contributed by atoms with Crippen molar-refractivity contribution in [1.82, 2.24) is 19.8 Å². The first-order valence-electron chi connectivity index (χ1n) is 9.93. The number of likely N-dealkylation sites (N-methyl/N-ethyl adjacent to an activating group) is 1. The second-order valence-electron chi connectivity index (χ2n) is 7.43. The van der Waals surface area contributed by atoms with E-state index in [1.165, 1.54) is 11.8 Å². The summed E-state index contributed by atoms with van der Waals surface area (Å²) in [4.78, 5) is 31.2. The Morgan fingerprint density at radius 2 is 1.81 bits per heavy atom. The lowest BCUT2D eigenvalue weighted by molar-refractivity contribution is -0.113. The van der Waals surface area contributed by atoms with Gasteiger partial charge in [-0.25, -0.2) is 4.98 Å². The van der Waals surface area contributed by atoms with Gasteiger partial charge >= 0.3 is 0 Å². The molecule has 1 atom stereocenters. The van der Waals surface area contributed by atoms with Crippen molar-refractivity contribution in [1.29, 1.82) is 0 Å². The summed E-state index contributed by atoms with van der Waals surface area (Å²) in [5, 5.41) is 6.73. The van der Waals surface area contributed by atoms with E-state index in [1.54, 1.807) is 30.5 Å². The first-order chi connectivity index (χ1) is 14.9. The van der Waals surface area contributed by atoms with Crippen molar-refractivity contribution in [3.63, 3.8) is 0 Å². The Kier molecular flexibility index (Phi) is 7.86. The van der Waals surface area contributed by atoms with Crippen molar-refractivity contribution in [2.45, 2.75) is 11.2 Å². The highest BCUT2D eigenvalue weighted by atomic mass is 32.2. The van der Waals surface area contributed by atoms with Gasteiger partial charge in [0.2, 0.25) is 5.91 Å². The molecular weight excluding hydrogens is 410 g/mol. The lowest BCUT2D eigenvalue weighted by Crippen LogP contribution is -2.35. The fourth-order valence-corrected chi connectivity index (χ4v) is 3.78. The Labute approximate surface area is 186 Å². The van der Waals surface area contributed by atoms with E-state index in [0.29, 0.717) is 17.8 Å². The van der Waals surface area contributed by atoms with E-state index in [9.17, 15) is 9.59 Å². The van der Waals surface area contributed by atoms with Gasteiger partial charge in [0, 0.05) is 37.2 Å². The summed E-state index contributed by atoms with van der Waals surface area (Å²) in [6.07, 6.45) is 3.54. The van der Waals surface area contributed by atoms with E-state index in [2.05, 4.69) is 15.6 Å². The van der Waals surface area contributed by atoms with E-state index < -0.39 is 0 Å². The van der Waals surface area contributed by atoms with Gasteiger partial charge in [0.05, 0.1) is 11.8 Å². The van der Waals surface area contributed by atoms with Crippen LogP contribution in [0.5, 0.6) is 0 Å². The minimum Gasteiger partial charge on any atom is -0.344 e. The van der Waals surface area contributed by atoms with E-state index in [4.69, 9.17) is 0 Å². The average molecular weight is 438 g/mol. The first-order valence-corrected chi connectivity index (χ1v) is 10.9. The molecule has 31 heavy (non-hydrogen) atoms. The summed E-state index contributed by atoms with van der Waals surface area (Å²) in [6.45, 7) is 0.692. The summed E-state index contributed by atoms with van der Waals surface area (Å²) in [5.41, 5.74) is 2.24. The zero-order valence-electron chi connectivity index (χ0n) is 17.9. The van der Waals surface area contributed by atoms with Crippen molar-refractivity contribution in [2.24, 2.45) is 7.05 Å². The molecule has 7 nitrogen and oxygen atoms in total. The first kappa shape index (κ1) is 22.6. The zero-order chi connectivity index (χ0) is 22.2. The third-order valence-corrected chi connectivity index (χ3v) is 5.65. The van der Waals surface area contributed by atoms with Crippen molar-refractivity contribution < 1.29 is 9.59 Å². The van der Waals surface area contributed by atoms with Crippen LogP contribution in [0.1, 0.15) is 22.0 Å². The maximum Gasteiger partial charge on any atom is 0.251 e. The van der Waals surface area contributed by atoms with Gasteiger partial charge in [-0.05, 0) is 43.9 Å². The van der Waals surface area contributed by atoms with Gasteiger partial charge in [-0.2, -0.15) is 0 Å². The van der Waals surface area contributed by atoms with Gasteiger partial charge in [0.1, 0.15) is 0 Å². The molecule has 162 valence electrons. The van der Waals surface area contributed by atoms with Crippen LogP contribution in [0.4, 0.5) is 5.69 Å². The lowest BCUT2D eigenvalue weighted by Gasteiger charge is -2.23. The van der Waals surface area contributed by atoms with Crippen LogP contribution in [-0.2, 0) is 11.8 Å². The molecule has 2 amide bonds. The Morgan fingerprint density at radius 3 is 2.42 bits per heavy atom. The van der Waals surface area contributed by atoms with Gasteiger partial charge in [-0.1, -0.05) is 42.1 Å². The molecule has 0 saturated heterocycles. The number of nitrogens with zero attached hydrogens (tertiary/aromatic N) is 3. The lowest BCUT2D eigenvalue weighted by atomic mass is 10.1. The molecule has 2 N–H and O–H groups in total. The Balaban J connectivity index is 1.57. The predicted molar refractivity (Wildman–Crippen MR) is 124 cm³/mol. The molecule has 0 radical (unpaired) electrons. The maximum atomic E-state index is 12.8. The summed E-state index contributed by atoms with van der Waals surface area (Å²) in [7, 11) is 5.84. The summed E-state index contributed by atoms with van der Waals surface area (Å²) >= 11 is 1.37. The monoisotopic (exact) mass is 437 g/mol. The van der Waals surface area contributed by atoms with Crippen molar-refractivity contribution in [3.05, 3.63) is 78.1 Å². The number of hydrogen-bond acceptors (Lipinski definition) is 5. The Bertz CT molecular complexity index is 1000. The van der Waals surface area contributed by atoms with Crippen molar-refractivity contribution in [2.75, 3.05) is 31.7 Å². The number of nitrogens with one attached hydrogen (secondary N) is 2. The van der Waals surface area contributed by atoms with Crippen LogP contribution >= 0.6 is 11.8 Å². The number of aryl methyl sites for hydroxylation is 1. The molecule has 1 aromatic heterocycles. The summed E-state index contributed by atoms with van der Waals surface area (Å²) < 4.78 is 1.87. The highest BCUT2D eigenvalue weighted by molar-refractivity contribution is 7.99. The van der Waals surface area contributed by atoms with Gasteiger partial charge < -0.3 is 20.1 Å². The number of anilines is 1. The second kappa shape index (κ2) is 10.8. The van der Waals surface area contributed by atoms with Crippen molar-refractivity contribution >= 4 is 29.3 Å². The summed E-state index contributed by atoms with van der Waals surface area (Å²) in [6, 6.07) is 16.7. The molecule has 8 heteroatoms. The smallest absolute Gasteiger partial charge is 0.251 e. The topological polar surface area (TPSA) is 79.3 Å². The SMILES string of the molecule is CN(C)CC(NC(=O)c1ccc(NC(=O)CSc2nccn2C)cc1)c1ccccc1. The van der Waals surface area contributed by atoms with E-state index in [-0.39, 0.29) is 23.6 Å². The molecule has 1 unspecified atom stereocenters. The molecule has 0 aliphatic carbocycles. The number of imidazole rings is 1. The third kappa shape index (κ3) is 6.70. The van der Waals surface area contributed by atoms with Crippen LogP contribution in [0, 0.1) is 0 Å². The molecule has 0 saturated carbocycles. The van der Waals surface area contributed by atoms with Gasteiger partial charge in [-0.3, -0.25) is 9.59 Å².